The molecule has 0 aromatic heterocycles. The summed E-state index contributed by atoms with van der Waals surface area (Å²) < 4.78 is 0. The van der Waals surface area contributed by atoms with E-state index in [1.807, 2.05) is 0 Å². The van der Waals surface area contributed by atoms with Gasteiger partial charge in [-0.2, -0.15) is 0 Å². The maximum Gasteiger partial charge on any atom is 0.0465 e. The number of hydrogen-bond donors (Lipinski definition) is 0. The Kier molecular flexibility index (Phi) is 6.92. The molecule has 6 aliphatic carbocycles. The number of benzene rings is 5. The third kappa shape index (κ3) is 4.80. The molecular formula is C47H47N. The van der Waals surface area contributed by atoms with Crippen LogP contribution in [0.25, 0.3) is 11.1 Å². The van der Waals surface area contributed by atoms with E-state index in [-0.39, 0.29) is 5.92 Å². The smallest absolute Gasteiger partial charge is 0.0465 e. The molecule has 0 amide bonds. The third-order valence-corrected chi connectivity index (χ3v) is 13.3. The molecule has 1 atom stereocenters. The van der Waals surface area contributed by atoms with E-state index >= 15 is 0 Å². The first-order chi connectivity index (χ1) is 23.7. The Morgan fingerprint density at radius 3 is 1.75 bits per heavy atom. The summed E-state index contributed by atoms with van der Waals surface area (Å²) in [5.74, 6) is 3.84. The highest BCUT2D eigenvalue weighted by molar-refractivity contribution is 5.85. The Bertz CT molecular complexity index is 1890. The molecule has 240 valence electrons. The summed E-state index contributed by atoms with van der Waals surface area (Å²) in [4.78, 5) is 2.53. The fourth-order valence-corrected chi connectivity index (χ4v) is 11.5. The van der Waals surface area contributed by atoms with Crippen LogP contribution < -0.4 is 4.90 Å². The molecule has 6 aliphatic rings. The first kappa shape index (κ1) is 28.9. The van der Waals surface area contributed by atoms with E-state index < -0.39 is 0 Å². The van der Waals surface area contributed by atoms with E-state index in [1.54, 1.807) is 5.56 Å². The minimum atomic E-state index is 0.242. The van der Waals surface area contributed by atoms with Crippen LogP contribution in [0.5, 0.6) is 0 Å². The van der Waals surface area contributed by atoms with E-state index in [1.165, 1.54) is 121 Å². The number of anilines is 3. The summed E-state index contributed by atoms with van der Waals surface area (Å²) in [6.07, 6.45) is 15.5. The molecular weight excluding hydrogens is 579 g/mol. The summed E-state index contributed by atoms with van der Waals surface area (Å²) in [6, 6.07) is 47.0. The number of hydrogen-bond acceptors (Lipinski definition) is 1. The number of fused-ring (bicyclic) bond motifs is 3. The van der Waals surface area contributed by atoms with Crippen molar-refractivity contribution in [3.8, 4) is 11.1 Å². The van der Waals surface area contributed by atoms with Crippen LogP contribution in [0, 0.1) is 17.8 Å². The van der Waals surface area contributed by atoms with Gasteiger partial charge in [-0.25, -0.2) is 0 Å². The summed E-state index contributed by atoms with van der Waals surface area (Å²) in [7, 11) is 0. The van der Waals surface area contributed by atoms with Gasteiger partial charge in [-0.15, -0.1) is 0 Å². The van der Waals surface area contributed by atoms with Crippen LogP contribution in [0.15, 0.2) is 121 Å². The van der Waals surface area contributed by atoms with Crippen LogP contribution in [-0.4, -0.2) is 0 Å². The zero-order valence-electron chi connectivity index (χ0n) is 28.2. The Morgan fingerprint density at radius 1 is 0.479 bits per heavy atom. The van der Waals surface area contributed by atoms with Crippen LogP contribution >= 0.6 is 0 Å². The van der Waals surface area contributed by atoms with Gasteiger partial charge in [0.15, 0.2) is 0 Å². The maximum absolute atomic E-state index is 2.53. The molecule has 0 heterocycles. The van der Waals surface area contributed by atoms with Crippen LogP contribution in [0.2, 0.25) is 0 Å². The van der Waals surface area contributed by atoms with Crippen molar-refractivity contribution in [3.63, 3.8) is 0 Å². The summed E-state index contributed by atoms with van der Waals surface area (Å²) in [6.45, 7) is 0. The van der Waals surface area contributed by atoms with Gasteiger partial charge in [0.25, 0.3) is 0 Å². The molecule has 5 fully saturated rings. The molecule has 0 saturated heterocycles. The first-order valence-electron chi connectivity index (χ1n) is 19.0. The van der Waals surface area contributed by atoms with E-state index in [9.17, 15) is 0 Å². The molecule has 48 heavy (non-hydrogen) atoms. The van der Waals surface area contributed by atoms with Crippen molar-refractivity contribution in [2.24, 2.45) is 17.8 Å². The summed E-state index contributed by atoms with van der Waals surface area (Å²) in [5.41, 5.74) is 14.2. The van der Waals surface area contributed by atoms with Crippen molar-refractivity contribution in [1.29, 1.82) is 0 Å². The lowest BCUT2D eigenvalue weighted by atomic mass is 9.48. The Labute approximate surface area is 287 Å². The van der Waals surface area contributed by atoms with E-state index in [4.69, 9.17) is 0 Å². The first-order valence-corrected chi connectivity index (χ1v) is 19.0. The highest BCUT2D eigenvalue weighted by Crippen LogP contribution is 2.61. The molecule has 4 bridgehead atoms. The summed E-state index contributed by atoms with van der Waals surface area (Å²) in [5, 5.41) is 0. The summed E-state index contributed by atoms with van der Waals surface area (Å²) >= 11 is 0. The van der Waals surface area contributed by atoms with Gasteiger partial charge in [-0.05, 0) is 156 Å². The molecule has 0 N–H and O–H groups in total. The lowest BCUT2D eigenvalue weighted by molar-refractivity contribution is -0.00518. The molecule has 0 aliphatic heterocycles. The molecule has 1 unspecified atom stereocenters. The number of nitrogens with zero attached hydrogens (tertiary/aromatic N) is 1. The fraction of sp³-hybridized carbons (Fsp3) is 0.362. The number of rotatable bonds is 6. The molecule has 5 saturated carbocycles. The van der Waals surface area contributed by atoms with Gasteiger partial charge >= 0.3 is 0 Å². The van der Waals surface area contributed by atoms with Crippen molar-refractivity contribution in [1.82, 2.24) is 0 Å². The Morgan fingerprint density at radius 2 is 1.06 bits per heavy atom. The van der Waals surface area contributed by atoms with E-state index in [2.05, 4.69) is 126 Å². The fourth-order valence-electron chi connectivity index (χ4n) is 11.5. The molecule has 5 aromatic carbocycles. The zero-order valence-corrected chi connectivity index (χ0v) is 28.2. The van der Waals surface area contributed by atoms with Crippen molar-refractivity contribution in [2.45, 2.75) is 87.9 Å². The van der Waals surface area contributed by atoms with Gasteiger partial charge < -0.3 is 4.90 Å². The van der Waals surface area contributed by atoms with Crippen molar-refractivity contribution in [2.75, 3.05) is 4.90 Å². The minimum Gasteiger partial charge on any atom is -0.310 e. The minimum absolute atomic E-state index is 0.242. The van der Waals surface area contributed by atoms with Gasteiger partial charge in [0.1, 0.15) is 0 Å². The Hall–Kier alpha value is -4.10. The van der Waals surface area contributed by atoms with Crippen molar-refractivity contribution in [3.05, 3.63) is 149 Å². The molecule has 0 spiro atoms. The van der Waals surface area contributed by atoms with Gasteiger partial charge in [-0.3, -0.25) is 0 Å². The predicted octanol–water partition coefficient (Wildman–Crippen LogP) is 12.8. The van der Waals surface area contributed by atoms with E-state index in [0.717, 1.165) is 17.8 Å². The van der Waals surface area contributed by atoms with Gasteiger partial charge in [0.2, 0.25) is 0 Å². The van der Waals surface area contributed by atoms with E-state index in [0.29, 0.717) is 11.3 Å². The standard InChI is InChI=1S/C47H47N/c1-3-9-35(10-4-1)36-15-19-39(20-16-36)48(40-21-17-38(18-22-40)47-29-32-25-33(30-47)27-34(26-32)31-47)41-23-24-43-42-13-7-8-14-44(42)46(45(43)28-41)37-11-5-2-6-12-37/h2,5-8,11-24,28,32-35,46H,1,3-4,9-10,25-27,29-31H2. The predicted molar refractivity (Wildman–Crippen MR) is 200 cm³/mol. The molecule has 0 radical (unpaired) electrons. The lowest BCUT2D eigenvalue weighted by Crippen LogP contribution is -2.48. The molecule has 1 nitrogen and oxygen atoms in total. The lowest BCUT2D eigenvalue weighted by Gasteiger charge is -2.57. The van der Waals surface area contributed by atoms with Crippen LogP contribution in [-0.2, 0) is 5.41 Å². The second-order valence-electron chi connectivity index (χ2n) is 16.2. The largest absolute Gasteiger partial charge is 0.310 e. The topological polar surface area (TPSA) is 3.24 Å². The Balaban J connectivity index is 1.06. The highest BCUT2D eigenvalue weighted by Gasteiger charge is 2.51. The normalized spacial score (nSPS) is 27.1. The average molecular weight is 626 g/mol. The third-order valence-electron chi connectivity index (χ3n) is 13.3. The second kappa shape index (κ2) is 11.5. The second-order valence-corrected chi connectivity index (χ2v) is 16.2. The maximum atomic E-state index is 2.53. The quantitative estimate of drug-likeness (QED) is 0.178. The molecule has 5 aromatic rings. The van der Waals surface area contributed by atoms with Crippen LogP contribution in [0.4, 0.5) is 17.1 Å². The molecule has 1 heteroatoms. The SMILES string of the molecule is c1ccc(C2c3ccccc3-c3ccc(N(c4ccc(C5CCCCC5)cc4)c4ccc(C56CC7CC(CC(C7)C5)C6)cc4)cc32)cc1. The van der Waals surface area contributed by atoms with Gasteiger partial charge in [-0.1, -0.05) is 104 Å². The average Bonchev–Trinajstić information content (AvgIpc) is 3.46. The highest BCUT2D eigenvalue weighted by atomic mass is 15.1. The van der Waals surface area contributed by atoms with Crippen LogP contribution in [0.1, 0.15) is 110 Å². The van der Waals surface area contributed by atoms with Gasteiger partial charge in [0.05, 0.1) is 0 Å². The van der Waals surface area contributed by atoms with Crippen LogP contribution in [0.3, 0.4) is 0 Å². The zero-order chi connectivity index (χ0) is 31.7. The van der Waals surface area contributed by atoms with Crippen molar-refractivity contribution < 1.29 is 0 Å². The molecule has 11 rings (SSSR count). The van der Waals surface area contributed by atoms with Gasteiger partial charge in [0, 0.05) is 23.0 Å². The van der Waals surface area contributed by atoms with Crippen molar-refractivity contribution >= 4 is 17.1 Å². The monoisotopic (exact) mass is 625 g/mol.